The van der Waals surface area contributed by atoms with Gasteiger partial charge in [-0.05, 0) is 36.5 Å². The Morgan fingerprint density at radius 1 is 1.25 bits per heavy atom. The molecule has 1 N–H and O–H groups in total. The van der Waals surface area contributed by atoms with Gasteiger partial charge in [0.05, 0.1) is 0 Å². The fourth-order valence-electron chi connectivity index (χ4n) is 2.87. The topological polar surface area (TPSA) is 51.1 Å². The lowest BCUT2D eigenvalue weighted by Crippen LogP contribution is -2.28. The maximum Gasteiger partial charge on any atom is 0.250 e. The largest absolute Gasteiger partial charge is 0.356 e. The number of hydrogen-bond acceptors (Lipinski definition) is 2. The zero-order chi connectivity index (χ0) is 17.1. The van der Waals surface area contributed by atoms with Crippen molar-refractivity contribution in [1.82, 2.24) is 9.88 Å². The van der Waals surface area contributed by atoms with Crippen LogP contribution in [0.25, 0.3) is 0 Å². The minimum absolute atomic E-state index is 0.0714. The average molecular weight is 332 g/mol. The highest BCUT2D eigenvalue weighted by atomic mass is 19.1. The predicted molar refractivity (Wildman–Crippen MR) is 85.5 cm³/mol. The lowest BCUT2D eigenvalue weighted by molar-refractivity contribution is -0.122. The first-order valence-electron chi connectivity index (χ1n) is 7.94. The van der Waals surface area contributed by atoms with E-state index < -0.39 is 11.6 Å². The van der Waals surface area contributed by atoms with Gasteiger partial charge >= 0.3 is 0 Å². The summed E-state index contributed by atoms with van der Waals surface area (Å²) in [6, 6.07) is 8.42. The lowest BCUT2D eigenvalue weighted by atomic mass is 10.1. The molecule has 1 amide bonds. The summed E-state index contributed by atoms with van der Waals surface area (Å²) in [7, 11) is 0. The van der Waals surface area contributed by atoms with Gasteiger partial charge in [-0.3, -0.25) is 9.59 Å². The van der Waals surface area contributed by atoms with Gasteiger partial charge in [-0.1, -0.05) is 12.1 Å². The van der Waals surface area contributed by atoms with E-state index in [1.54, 1.807) is 22.9 Å². The Morgan fingerprint density at radius 3 is 2.83 bits per heavy atom. The van der Waals surface area contributed by atoms with Crippen molar-refractivity contribution < 1.29 is 13.6 Å². The van der Waals surface area contributed by atoms with E-state index in [1.165, 1.54) is 18.2 Å². The molecule has 0 aliphatic heterocycles. The third kappa shape index (κ3) is 3.69. The summed E-state index contributed by atoms with van der Waals surface area (Å²) in [5.41, 5.74) is 0.324. The summed E-state index contributed by atoms with van der Waals surface area (Å²) < 4.78 is 28.2. The zero-order valence-electron chi connectivity index (χ0n) is 13.0. The van der Waals surface area contributed by atoms with Crippen molar-refractivity contribution in [3.63, 3.8) is 0 Å². The van der Waals surface area contributed by atoms with Gasteiger partial charge in [0.2, 0.25) is 11.5 Å². The predicted octanol–water partition coefficient (Wildman–Crippen LogP) is 2.44. The Kier molecular flexibility index (Phi) is 4.74. The molecule has 1 aliphatic carbocycles. The van der Waals surface area contributed by atoms with E-state index in [4.69, 9.17) is 0 Å². The molecule has 3 rings (SSSR count). The summed E-state index contributed by atoms with van der Waals surface area (Å²) >= 11 is 0. The number of aromatic nitrogens is 1. The van der Waals surface area contributed by atoms with Crippen molar-refractivity contribution in [3.8, 4) is 0 Å². The first-order valence-corrected chi connectivity index (χ1v) is 7.94. The molecular weight excluding hydrogens is 314 g/mol. The number of nitrogens with one attached hydrogen (secondary N) is 1. The van der Waals surface area contributed by atoms with Crippen LogP contribution in [-0.2, 0) is 11.3 Å². The highest BCUT2D eigenvalue weighted by molar-refractivity contribution is 5.82. The fourth-order valence-corrected chi connectivity index (χ4v) is 2.87. The molecule has 0 bridgehead atoms. The molecule has 24 heavy (non-hydrogen) atoms. The Labute approximate surface area is 138 Å². The number of carbonyl (C=O) groups excluding carboxylic acids is 1. The van der Waals surface area contributed by atoms with Crippen molar-refractivity contribution in [2.75, 3.05) is 6.54 Å². The third-order valence-electron chi connectivity index (χ3n) is 4.26. The molecule has 4 nitrogen and oxygen atoms in total. The lowest BCUT2D eigenvalue weighted by Gasteiger charge is -2.07. The normalized spacial score (nSPS) is 19.1. The molecule has 126 valence electrons. The van der Waals surface area contributed by atoms with Crippen LogP contribution in [0.4, 0.5) is 8.78 Å². The number of amides is 1. The smallest absolute Gasteiger partial charge is 0.250 e. The van der Waals surface area contributed by atoms with Crippen molar-refractivity contribution >= 4 is 5.91 Å². The molecule has 0 saturated heterocycles. The second kappa shape index (κ2) is 6.95. The van der Waals surface area contributed by atoms with E-state index in [1.807, 2.05) is 0 Å². The molecule has 1 aromatic carbocycles. The minimum atomic E-state index is -0.617. The van der Waals surface area contributed by atoms with Gasteiger partial charge in [-0.2, -0.15) is 0 Å². The van der Waals surface area contributed by atoms with Crippen LogP contribution >= 0.6 is 0 Å². The van der Waals surface area contributed by atoms with Crippen LogP contribution in [0.15, 0.2) is 47.4 Å². The van der Waals surface area contributed by atoms with Crippen LogP contribution in [0.5, 0.6) is 0 Å². The Hall–Kier alpha value is -2.50. The van der Waals surface area contributed by atoms with E-state index in [0.29, 0.717) is 31.5 Å². The molecule has 1 aliphatic rings. The average Bonchev–Trinajstić information content (AvgIpc) is 3.33. The van der Waals surface area contributed by atoms with Gasteiger partial charge in [0.25, 0.3) is 0 Å². The molecule has 0 radical (unpaired) electrons. The second-order valence-corrected chi connectivity index (χ2v) is 5.99. The van der Waals surface area contributed by atoms with Crippen molar-refractivity contribution in [1.29, 1.82) is 0 Å². The first-order chi connectivity index (χ1) is 11.6. The van der Waals surface area contributed by atoms with Gasteiger partial charge in [-0.25, -0.2) is 8.78 Å². The number of carbonyl (C=O) groups is 1. The Balaban J connectivity index is 1.45. The number of aryl methyl sites for hydroxylation is 1. The van der Waals surface area contributed by atoms with Gasteiger partial charge in [0.1, 0.15) is 11.6 Å². The third-order valence-corrected chi connectivity index (χ3v) is 4.26. The highest BCUT2D eigenvalue weighted by Gasteiger charge is 2.45. The molecule has 6 heteroatoms. The number of nitrogens with zero attached hydrogens (tertiary/aromatic N) is 1. The SMILES string of the molecule is O=C(NCCCn1ccccc1=O)[C@H]1C[C@H]1c1ccc(F)cc1F. The molecule has 0 unspecified atom stereocenters. The van der Waals surface area contributed by atoms with Crippen LogP contribution in [-0.4, -0.2) is 17.0 Å². The highest BCUT2D eigenvalue weighted by Crippen LogP contribution is 2.48. The van der Waals surface area contributed by atoms with Crippen LogP contribution in [0.2, 0.25) is 0 Å². The number of benzene rings is 1. The monoisotopic (exact) mass is 332 g/mol. The molecule has 1 aromatic heterocycles. The van der Waals surface area contributed by atoms with Gasteiger partial charge in [0, 0.05) is 37.3 Å². The summed E-state index contributed by atoms with van der Waals surface area (Å²) in [6.07, 6.45) is 2.92. The number of halogens is 2. The molecule has 2 atom stereocenters. The molecular formula is C18H18F2N2O2. The van der Waals surface area contributed by atoms with Gasteiger partial charge in [-0.15, -0.1) is 0 Å². The quantitative estimate of drug-likeness (QED) is 0.826. The summed E-state index contributed by atoms with van der Waals surface area (Å²) in [5.74, 6) is -1.77. The van der Waals surface area contributed by atoms with Crippen LogP contribution in [0, 0.1) is 17.6 Å². The van der Waals surface area contributed by atoms with Crippen molar-refractivity contribution in [3.05, 3.63) is 70.1 Å². The summed E-state index contributed by atoms with van der Waals surface area (Å²) in [5, 5.41) is 2.81. The number of rotatable bonds is 6. The van der Waals surface area contributed by atoms with Crippen LogP contribution in [0.1, 0.15) is 24.3 Å². The van der Waals surface area contributed by atoms with E-state index in [9.17, 15) is 18.4 Å². The van der Waals surface area contributed by atoms with E-state index in [-0.39, 0.29) is 23.3 Å². The number of pyridine rings is 1. The molecule has 0 spiro atoms. The molecule has 1 heterocycles. The zero-order valence-corrected chi connectivity index (χ0v) is 13.0. The van der Waals surface area contributed by atoms with E-state index in [0.717, 1.165) is 6.07 Å². The van der Waals surface area contributed by atoms with Gasteiger partial charge in [0.15, 0.2) is 0 Å². The minimum Gasteiger partial charge on any atom is -0.356 e. The maximum absolute atomic E-state index is 13.7. The van der Waals surface area contributed by atoms with Gasteiger partial charge < -0.3 is 9.88 Å². The Morgan fingerprint density at radius 2 is 2.08 bits per heavy atom. The van der Waals surface area contributed by atoms with E-state index in [2.05, 4.69) is 5.32 Å². The molecule has 1 fully saturated rings. The maximum atomic E-state index is 13.7. The second-order valence-electron chi connectivity index (χ2n) is 5.99. The Bertz CT molecular complexity index is 804. The molecule has 2 aromatic rings. The van der Waals surface area contributed by atoms with Crippen LogP contribution < -0.4 is 10.9 Å². The number of hydrogen-bond donors (Lipinski definition) is 1. The summed E-state index contributed by atoms with van der Waals surface area (Å²) in [6.45, 7) is 0.982. The van der Waals surface area contributed by atoms with Crippen molar-refractivity contribution in [2.45, 2.75) is 25.3 Å². The fraction of sp³-hybridized carbons (Fsp3) is 0.333. The van der Waals surface area contributed by atoms with Crippen molar-refractivity contribution in [2.24, 2.45) is 5.92 Å². The molecule has 1 saturated carbocycles. The standard InChI is InChI=1S/C18H18F2N2O2/c19-12-5-6-13(16(20)10-12)14-11-15(14)18(24)21-7-3-9-22-8-2-1-4-17(22)23/h1-2,4-6,8,10,14-15H,3,7,9,11H2,(H,21,24)/t14-,15-/m0/s1. The summed E-state index contributed by atoms with van der Waals surface area (Å²) in [4.78, 5) is 23.6. The van der Waals surface area contributed by atoms with Crippen LogP contribution in [0.3, 0.4) is 0 Å². The first kappa shape index (κ1) is 16.4. The van der Waals surface area contributed by atoms with E-state index >= 15 is 0 Å².